The van der Waals surface area contributed by atoms with E-state index in [1.807, 2.05) is 10.6 Å². The molecule has 2 heterocycles. The van der Waals surface area contributed by atoms with Crippen molar-refractivity contribution >= 4 is 22.5 Å². The standard InChI is InChI=1S/C4H5N3S/c1-2-7-4(5-1)8-3-6-7/h3H,1-2H2. The number of hydrazone groups is 1. The van der Waals surface area contributed by atoms with Gasteiger partial charge in [0.1, 0.15) is 0 Å². The van der Waals surface area contributed by atoms with E-state index in [1.165, 1.54) is 0 Å². The quantitative estimate of drug-likeness (QED) is 0.469. The molecule has 4 heteroatoms. The van der Waals surface area contributed by atoms with Crippen molar-refractivity contribution in [2.75, 3.05) is 13.1 Å². The number of hydrogen-bond acceptors (Lipinski definition) is 4. The van der Waals surface area contributed by atoms with E-state index in [-0.39, 0.29) is 0 Å². The SMILES string of the molecule is C1=NN2CCN=C2S1. The van der Waals surface area contributed by atoms with Crippen LogP contribution in [-0.4, -0.2) is 28.8 Å². The van der Waals surface area contributed by atoms with Crippen molar-refractivity contribution in [3.05, 3.63) is 0 Å². The van der Waals surface area contributed by atoms with Gasteiger partial charge >= 0.3 is 0 Å². The second kappa shape index (κ2) is 1.48. The van der Waals surface area contributed by atoms with Gasteiger partial charge in [-0.2, -0.15) is 5.10 Å². The van der Waals surface area contributed by atoms with Gasteiger partial charge in [-0.05, 0) is 11.8 Å². The van der Waals surface area contributed by atoms with Crippen LogP contribution in [0.3, 0.4) is 0 Å². The molecule has 0 saturated carbocycles. The molecule has 3 nitrogen and oxygen atoms in total. The Morgan fingerprint density at radius 3 is 3.62 bits per heavy atom. The number of hydrogen-bond donors (Lipinski definition) is 0. The van der Waals surface area contributed by atoms with Gasteiger partial charge in [0.2, 0.25) is 0 Å². The minimum absolute atomic E-state index is 0.916. The van der Waals surface area contributed by atoms with E-state index in [0.717, 1.165) is 18.3 Å². The molecule has 8 heavy (non-hydrogen) atoms. The normalized spacial score (nSPS) is 24.0. The maximum atomic E-state index is 4.18. The summed E-state index contributed by atoms with van der Waals surface area (Å²) in [6.45, 7) is 1.89. The minimum Gasteiger partial charge on any atom is -0.259 e. The van der Waals surface area contributed by atoms with Crippen molar-refractivity contribution in [1.82, 2.24) is 5.01 Å². The van der Waals surface area contributed by atoms with Crippen LogP contribution in [0, 0.1) is 0 Å². The molecule has 0 amide bonds. The first-order chi connectivity index (χ1) is 3.97. The Kier molecular flexibility index (Phi) is 0.811. The molecule has 0 bridgehead atoms. The van der Waals surface area contributed by atoms with E-state index in [9.17, 15) is 0 Å². The average molecular weight is 127 g/mol. The molecule has 0 aliphatic carbocycles. The molecule has 2 aliphatic heterocycles. The fourth-order valence-electron chi connectivity index (χ4n) is 0.750. The Labute approximate surface area is 51.5 Å². The van der Waals surface area contributed by atoms with Gasteiger partial charge < -0.3 is 0 Å². The zero-order chi connectivity index (χ0) is 5.40. The predicted molar refractivity (Wildman–Crippen MR) is 35.1 cm³/mol. The highest BCUT2D eigenvalue weighted by molar-refractivity contribution is 8.25. The fourth-order valence-corrected chi connectivity index (χ4v) is 1.43. The molecule has 0 N–H and O–H groups in total. The first kappa shape index (κ1) is 4.38. The zero-order valence-electron chi connectivity index (χ0n) is 4.24. The monoisotopic (exact) mass is 127 g/mol. The number of amidine groups is 1. The summed E-state index contributed by atoms with van der Waals surface area (Å²) in [7, 11) is 0. The fraction of sp³-hybridized carbons (Fsp3) is 0.500. The lowest BCUT2D eigenvalue weighted by molar-refractivity contribution is 0.504. The second-order valence-electron chi connectivity index (χ2n) is 1.63. The van der Waals surface area contributed by atoms with E-state index in [0.29, 0.717) is 0 Å². The second-order valence-corrected chi connectivity index (χ2v) is 2.44. The molecule has 2 rings (SSSR count). The molecule has 0 fully saturated rings. The Bertz CT molecular complexity index is 163. The lowest BCUT2D eigenvalue weighted by Crippen LogP contribution is -2.13. The van der Waals surface area contributed by atoms with Crippen LogP contribution in [0.15, 0.2) is 10.1 Å². The summed E-state index contributed by atoms with van der Waals surface area (Å²) < 4.78 is 0. The van der Waals surface area contributed by atoms with Crippen LogP contribution >= 0.6 is 11.8 Å². The highest BCUT2D eigenvalue weighted by Crippen LogP contribution is 2.17. The summed E-state index contributed by atoms with van der Waals surface area (Å²) in [4.78, 5) is 4.18. The van der Waals surface area contributed by atoms with Crippen LogP contribution in [0.1, 0.15) is 0 Å². The molecule has 0 saturated heterocycles. The smallest absolute Gasteiger partial charge is 0.185 e. The molecule has 0 unspecified atom stereocenters. The largest absolute Gasteiger partial charge is 0.259 e. The van der Waals surface area contributed by atoms with E-state index >= 15 is 0 Å². The summed E-state index contributed by atoms with van der Waals surface area (Å²) in [6.07, 6.45) is 0. The molecule has 0 radical (unpaired) electrons. The van der Waals surface area contributed by atoms with E-state index in [4.69, 9.17) is 0 Å². The van der Waals surface area contributed by atoms with E-state index < -0.39 is 0 Å². The molecule has 0 atom stereocenters. The van der Waals surface area contributed by atoms with Gasteiger partial charge in [0.05, 0.1) is 18.6 Å². The van der Waals surface area contributed by atoms with Crippen molar-refractivity contribution in [3.63, 3.8) is 0 Å². The molecule has 42 valence electrons. The van der Waals surface area contributed by atoms with Gasteiger partial charge in [-0.3, -0.25) is 4.99 Å². The first-order valence-corrected chi connectivity index (χ1v) is 3.36. The first-order valence-electron chi connectivity index (χ1n) is 2.48. The lowest BCUT2D eigenvalue weighted by Gasteiger charge is -2.02. The lowest BCUT2D eigenvalue weighted by atomic mass is 10.7. The van der Waals surface area contributed by atoms with Crippen molar-refractivity contribution < 1.29 is 0 Å². The van der Waals surface area contributed by atoms with Crippen molar-refractivity contribution in [2.45, 2.75) is 0 Å². The number of nitrogens with zero attached hydrogens (tertiary/aromatic N) is 3. The number of thioether (sulfide) groups is 1. The number of aliphatic imine (C=N–C) groups is 1. The van der Waals surface area contributed by atoms with Crippen LogP contribution in [0.5, 0.6) is 0 Å². The van der Waals surface area contributed by atoms with Crippen LogP contribution in [0.25, 0.3) is 0 Å². The summed E-state index contributed by atoms with van der Waals surface area (Å²) >= 11 is 1.60. The van der Waals surface area contributed by atoms with Crippen molar-refractivity contribution in [1.29, 1.82) is 0 Å². The highest BCUT2D eigenvalue weighted by Gasteiger charge is 2.19. The third-order valence-electron chi connectivity index (χ3n) is 1.12. The molecule has 2 aliphatic rings. The van der Waals surface area contributed by atoms with Gasteiger partial charge in [-0.25, -0.2) is 5.01 Å². The van der Waals surface area contributed by atoms with Gasteiger partial charge in [0.25, 0.3) is 0 Å². The Hall–Kier alpha value is -0.510. The highest BCUT2D eigenvalue weighted by atomic mass is 32.2. The summed E-state index contributed by atoms with van der Waals surface area (Å²) in [5, 5.41) is 7.02. The van der Waals surface area contributed by atoms with Crippen LogP contribution in [0.4, 0.5) is 0 Å². The summed E-state index contributed by atoms with van der Waals surface area (Å²) in [5.41, 5.74) is 1.82. The van der Waals surface area contributed by atoms with Gasteiger partial charge in [-0.1, -0.05) is 0 Å². The van der Waals surface area contributed by atoms with Gasteiger partial charge in [0.15, 0.2) is 5.17 Å². The summed E-state index contributed by atoms with van der Waals surface area (Å²) in [5.74, 6) is 0. The molecule has 0 aromatic carbocycles. The average Bonchev–Trinajstić information content (AvgIpc) is 2.15. The maximum Gasteiger partial charge on any atom is 0.185 e. The zero-order valence-corrected chi connectivity index (χ0v) is 5.06. The molecule has 0 spiro atoms. The summed E-state index contributed by atoms with van der Waals surface area (Å²) in [6, 6.07) is 0. The van der Waals surface area contributed by atoms with Crippen molar-refractivity contribution in [2.24, 2.45) is 10.1 Å². The molecule has 0 aromatic rings. The molecular weight excluding hydrogens is 122 g/mol. The number of rotatable bonds is 0. The maximum absolute atomic E-state index is 4.18. The number of fused-ring (bicyclic) bond motifs is 1. The van der Waals surface area contributed by atoms with Crippen LogP contribution < -0.4 is 0 Å². The Balaban J connectivity index is 2.28. The Morgan fingerprint density at radius 1 is 1.75 bits per heavy atom. The van der Waals surface area contributed by atoms with Crippen LogP contribution in [0.2, 0.25) is 0 Å². The van der Waals surface area contributed by atoms with E-state index in [2.05, 4.69) is 10.1 Å². The molecule has 0 aromatic heterocycles. The Morgan fingerprint density at radius 2 is 2.75 bits per heavy atom. The van der Waals surface area contributed by atoms with Gasteiger partial charge in [-0.15, -0.1) is 0 Å². The third-order valence-corrected chi connectivity index (χ3v) is 1.87. The van der Waals surface area contributed by atoms with Crippen LogP contribution in [-0.2, 0) is 0 Å². The van der Waals surface area contributed by atoms with E-state index in [1.54, 1.807) is 11.8 Å². The van der Waals surface area contributed by atoms with Gasteiger partial charge in [0, 0.05) is 0 Å². The third kappa shape index (κ3) is 0.461. The van der Waals surface area contributed by atoms with Crippen molar-refractivity contribution in [3.8, 4) is 0 Å². The minimum atomic E-state index is 0.916. The molecular formula is C4H5N3S. The predicted octanol–water partition coefficient (Wildman–Crippen LogP) is 0.348. The topological polar surface area (TPSA) is 28.0 Å².